The largest absolute Gasteiger partial charge is 0.469 e. The molecular formula is C41H35B2NOS. The van der Waals surface area contributed by atoms with Crippen LogP contribution in [0, 0.1) is 0 Å². The zero-order valence-electron chi connectivity index (χ0n) is 27.2. The highest BCUT2D eigenvalue weighted by Crippen LogP contribution is 2.51. The van der Waals surface area contributed by atoms with Gasteiger partial charge in [0.2, 0.25) is 0 Å². The molecular weight excluding hydrogens is 576 g/mol. The van der Waals surface area contributed by atoms with Crippen molar-refractivity contribution in [3.8, 4) is 22.3 Å². The highest BCUT2D eigenvalue weighted by Gasteiger charge is 2.52. The van der Waals surface area contributed by atoms with Gasteiger partial charge in [-0.3, -0.25) is 0 Å². The number of fused-ring (bicyclic) bond motifs is 11. The summed E-state index contributed by atoms with van der Waals surface area (Å²) in [5, 5.41) is 1.22. The van der Waals surface area contributed by atoms with Crippen LogP contribution in [-0.2, 0) is 0 Å². The number of hydrogen-bond donors (Lipinski definition) is 0. The van der Waals surface area contributed by atoms with Crippen molar-refractivity contribution in [3.63, 3.8) is 0 Å². The van der Waals surface area contributed by atoms with E-state index < -0.39 is 0 Å². The summed E-state index contributed by atoms with van der Waals surface area (Å²) < 4.78 is 6.89. The fraction of sp³-hybridized carbons (Fsp3) is 0.220. The molecule has 6 aromatic rings. The van der Waals surface area contributed by atoms with E-state index in [9.17, 15) is 0 Å². The Balaban J connectivity index is 1.39. The van der Waals surface area contributed by atoms with Crippen molar-refractivity contribution in [2.45, 2.75) is 69.1 Å². The fourth-order valence-corrected chi connectivity index (χ4v) is 9.87. The van der Waals surface area contributed by atoms with Gasteiger partial charge in [0.25, 0.3) is 6.71 Å². The minimum absolute atomic E-state index is 0.0472. The van der Waals surface area contributed by atoms with E-state index in [0.29, 0.717) is 17.8 Å². The highest BCUT2D eigenvalue weighted by molar-refractivity contribution is 8.00. The lowest BCUT2D eigenvalue weighted by atomic mass is 9.33. The maximum atomic E-state index is 6.89. The maximum absolute atomic E-state index is 6.89. The monoisotopic (exact) mass is 611 g/mol. The molecule has 5 aromatic carbocycles. The predicted octanol–water partition coefficient (Wildman–Crippen LogP) is 8.00. The summed E-state index contributed by atoms with van der Waals surface area (Å²) in [6.45, 7) is 14.1. The molecule has 0 saturated heterocycles. The molecule has 0 radical (unpaired) electrons. The Labute approximate surface area is 276 Å². The van der Waals surface area contributed by atoms with Gasteiger partial charge in [-0.1, -0.05) is 114 Å². The molecule has 0 N–H and O–H groups in total. The van der Waals surface area contributed by atoms with E-state index in [1.165, 1.54) is 87.3 Å². The molecule has 0 unspecified atom stereocenters. The van der Waals surface area contributed by atoms with Crippen LogP contribution >= 0.6 is 11.8 Å². The summed E-state index contributed by atoms with van der Waals surface area (Å²) in [7, 11) is 0. The second-order valence-electron chi connectivity index (χ2n) is 14.6. The molecule has 0 aliphatic carbocycles. The lowest BCUT2D eigenvalue weighted by Gasteiger charge is -2.50. The lowest BCUT2D eigenvalue weighted by molar-refractivity contribution is 0.645. The summed E-state index contributed by atoms with van der Waals surface area (Å²) in [6.07, 6.45) is 0. The SMILES string of the molecule is CC(C)c1ccc2c(c1)B1c3cc(C(C)C)ccc3-c3ccc4c5c3N1c1c(cc(C(C)C)cc1-2)B5c1oc2ccccc2c1S4. The van der Waals surface area contributed by atoms with Crippen LogP contribution in [0.4, 0.5) is 11.4 Å². The molecule has 46 heavy (non-hydrogen) atoms. The van der Waals surface area contributed by atoms with Crippen LogP contribution in [0.25, 0.3) is 33.2 Å². The molecule has 0 bridgehead atoms. The van der Waals surface area contributed by atoms with Crippen LogP contribution in [0.5, 0.6) is 0 Å². The zero-order valence-corrected chi connectivity index (χ0v) is 28.0. The molecule has 1 aromatic heterocycles. The minimum atomic E-state index is 0.0472. The van der Waals surface area contributed by atoms with Gasteiger partial charge in [0, 0.05) is 32.8 Å². The second kappa shape index (κ2) is 9.26. The topological polar surface area (TPSA) is 16.4 Å². The quantitative estimate of drug-likeness (QED) is 0.189. The summed E-state index contributed by atoms with van der Waals surface area (Å²) in [6, 6.07) is 33.0. The van der Waals surface area contributed by atoms with Gasteiger partial charge in [-0.05, 0) is 91.7 Å². The molecule has 222 valence electrons. The number of hydrogen-bond acceptors (Lipinski definition) is 3. The second-order valence-corrected chi connectivity index (χ2v) is 15.7. The Hall–Kier alpha value is -4.08. The van der Waals surface area contributed by atoms with Crippen LogP contribution in [0.15, 0.2) is 99.1 Å². The smallest absolute Gasteiger partial charge is 0.329 e. The third kappa shape index (κ3) is 3.37. The summed E-state index contributed by atoms with van der Waals surface area (Å²) in [5.41, 5.74) is 20.2. The average molecular weight is 611 g/mol. The Morgan fingerprint density at radius 3 is 1.93 bits per heavy atom. The van der Waals surface area contributed by atoms with Crippen molar-refractivity contribution in [1.82, 2.24) is 0 Å². The first kappa shape index (κ1) is 27.1. The molecule has 10 rings (SSSR count). The van der Waals surface area contributed by atoms with E-state index in [-0.39, 0.29) is 13.6 Å². The van der Waals surface area contributed by atoms with Gasteiger partial charge in [0.1, 0.15) is 5.58 Å². The third-order valence-corrected chi connectivity index (χ3v) is 12.2. The number of benzene rings is 5. The first-order valence-corrected chi connectivity index (χ1v) is 17.7. The summed E-state index contributed by atoms with van der Waals surface area (Å²) in [5.74, 6) is 1.34. The van der Waals surface area contributed by atoms with E-state index in [1.54, 1.807) is 0 Å². The average Bonchev–Trinajstić information content (AvgIpc) is 3.43. The van der Waals surface area contributed by atoms with Crippen molar-refractivity contribution in [2.24, 2.45) is 0 Å². The van der Waals surface area contributed by atoms with Gasteiger partial charge in [-0.25, -0.2) is 0 Å². The lowest BCUT2D eigenvalue weighted by Crippen LogP contribution is -2.68. The van der Waals surface area contributed by atoms with Crippen molar-refractivity contribution in [1.29, 1.82) is 0 Å². The molecule has 0 atom stereocenters. The van der Waals surface area contributed by atoms with Crippen LogP contribution in [-0.4, -0.2) is 13.6 Å². The first-order chi connectivity index (χ1) is 22.3. The number of furan rings is 1. The van der Waals surface area contributed by atoms with E-state index in [1.807, 2.05) is 11.8 Å². The molecule has 0 amide bonds. The predicted molar refractivity (Wildman–Crippen MR) is 198 cm³/mol. The van der Waals surface area contributed by atoms with Crippen molar-refractivity contribution in [2.75, 3.05) is 4.81 Å². The van der Waals surface area contributed by atoms with Gasteiger partial charge in [-0.2, -0.15) is 0 Å². The Morgan fingerprint density at radius 1 is 0.609 bits per heavy atom. The van der Waals surface area contributed by atoms with Crippen LogP contribution in [0.1, 0.15) is 76.0 Å². The van der Waals surface area contributed by atoms with Gasteiger partial charge >= 0.3 is 6.85 Å². The summed E-state index contributed by atoms with van der Waals surface area (Å²) >= 11 is 1.90. The third-order valence-electron chi connectivity index (χ3n) is 11.0. The fourth-order valence-electron chi connectivity index (χ4n) is 8.66. The van der Waals surface area contributed by atoms with E-state index in [4.69, 9.17) is 4.42 Å². The number of rotatable bonds is 3. The highest BCUT2D eigenvalue weighted by atomic mass is 32.2. The van der Waals surface area contributed by atoms with Crippen LogP contribution in [0.2, 0.25) is 0 Å². The molecule has 4 aliphatic heterocycles. The zero-order chi connectivity index (χ0) is 31.2. The molecule has 2 nitrogen and oxygen atoms in total. The molecule has 4 aliphatic rings. The Morgan fingerprint density at radius 2 is 1.24 bits per heavy atom. The number of nitrogens with zero attached hydrogens (tertiary/aromatic N) is 1. The number of anilines is 2. The Bertz CT molecular complexity index is 2310. The molecule has 5 heteroatoms. The van der Waals surface area contributed by atoms with E-state index in [0.717, 1.165) is 11.2 Å². The number of para-hydroxylation sites is 1. The standard InChI is InChI=1S/C41H35B2NOS/c1-21(2)24-11-13-27-29-15-16-36-37-39(29)44-38-31(28-14-12-25(22(3)4)19-33(28)43(44)32(27)18-24)17-26(23(5)6)20-34(38)42(37)41-40(46-36)30-9-7-8-10-35(30)45-41/h7-23H,1-6H3. The van der Waals surface area contributed by atoms with Crippen molar-refractivity contribution < 1.29 is 4.42 Å². The molecule has 0 spiro atoms. The van der Waals surface area contributed by atoms with Crippen LogP contribution < -0.4 is 32.3 Å². The molecule has 5 heterocycles. The van der Waals surface area contributed by atoms with Gasteiger partial charge in [-0.15, -0.1) is 0 Å². The van der Waals surface area contributed by atoms with Gasteiger partial charge in [0.05, 0.1) is 10.6 Å². The van der Waals surface area contributed by atoms with Crippen LogP contribution in [0.3, 0.4) is 0 Å². The van der Waals surface area contributed by atoms with Crippen molar-refractivity contribution in [3.05, 3.63) is 102 Å². The van der Waals surface area contributed by atoms with E-state index >= 15 is 0 Å². The first-order valence-electron chi connectivity index (χ1n) is 16.9. The Kier molecular flexibility index (Phi) is 5.45. The van der Waals surface area contributed by atoms with E-state index in [2.05, 4.69) is 131 Å². The summed E-state index contributed by atoms with van der Waals surface area (Å²) in [4.78, 5) is 5.39. The molecule has 0 saturated carbocycles. The van der Waals surface area contributed by atoms with Gasteiger partial charge < -0.3 is 9.23 Å². The van der Waals surface area contributed by atoms with Crippen molar-refractivity contribution >= 4 is 75.2 Å². The minimum Gasteiger partial charge on any atom is -0.469 e. The maximum Gasteiger partial charge on any atom is 0.329 e. The normalized spacial score (nSPS) is 14.7. The molecule has 0 fully saturated rings. The van der Waals surface area contributed by atoms with Gasteiger partial charge in [0.15, 0.2) is 0 Å².